The third kappa shape index (κ3) is 5.42. The summed E-state index contributed by atoms with van der Waals surface area (Å²) in [6, 6.07) is 77.8. The molecule has 1 aliphatic carbocycles. The molecule has 0 aliphatic heterocycles. The monoisotopic (exact) mass is 839 g/mol. The lowest BCUT2D eigenvalue weighted by Gasteiger charge is -2.23. The SMILES string of the molecule is C1=Cc2c(c(-c3cccc4c3oc3cc(-c5c6ccccc6c(-c6ccc(-n7c8ccccc8c8ccccc87)cc6)c6ccccc56)ccc34)c3ccccc3c2-c2ccccc2)CC1. The van der Waals surface area contributed by atoms with E-state index >= 15 is 0 Å². The van der Waals surface area contributed by atoms with Crippen LogP contribution in [0.1, 0.15) is 17.5 Å². The number of hydrogen-bond donors (Lipinski definition) is 0. The number of allylic oxidation sites excluding steroid dienone is 1. The van der Waals surface area contributed by atoms with Crippen molar-refractivity contribution in [2.24, 2.45) is 0 Å². The van der Waals surface area contributed by atoms with Crippen LogP contribution in [0.15, 0.2) is 223 Å². The summed E-state index contributed by atoms with van der Waals surface area (Å²) in [6.07, 6.45) is 6.68. The minimum atomic E-state index is 0.895. The summed E-state index contributed by atoms with van der Waals surface area (Å²) in [4.78, 5) is 0. The molecule has 0 saturated heterocycles. The van der Waals surface area contributed by atoms with E-state index in [1.807, 2.05) is 0 Å². The zero-order chi connectivity index (χ0) is 43.3. The van der Waals surface area contributed by atoms with Gasteiger partial charge < -0.3 is 8.98 Å². The first-order valence-electron chi connectivity index (χ1n) is 23.1. The number of nitrogens with zero attached hydrogens (tertiary/aromatic N) is 1. The lowest BCUT2D eigenvalue weighted by molar-refractivity contribution is 0.670. The van der Waals surface area contributed by atoms with Crippen LogP contribution < -0.4 is 0 Å². The van der Waals surface area contributed by atoms with Crippen molar-refractivity contribution in [3.8, 4) is 50.2 Å². The quantitative estimate of drug-likeness (QED) is 0.158. The molecule has 0 amide bonds. The molecular formula is C64H41NO. The van der Waals surface area contributed by atoms with Crippen LogP contribution in [-0.2, 0) is 6.42 Å². The van der Waals surface area contributed by atoms with E-state index in [0.29, 0.717) is 0 Å². The third-order valence-electron chi connectivity index (χ3n) is 14.3. The Morgan fingerprint density at radius 3 is 1.50 bits per heavy atom. The molecule has 66 heavy (non-hydrogen) atoms. The van der Waals surface area contributed by atoms with E-state index in [9.17, 15) is 0 Å². The molecule has 2 heterocycles. The molecule has 0 fully saturated rings. The van der Waals surface area contributed by atoms with Crippen molar-refractivity contribution < 1.29 is 4.42 Å². The van der Waals surface area contributed by atoms with Crippen molar-refractivity contribution in [3.05, 3.63) is 230 Å². The van der Waals surface area contributed by atoms with Crippen molar-refractivity contribution in [2.45, 2.75) is 12.8 Å². The summed E-state index contributed by atoms with van der Waals surface area (Å²) in [6.45, 7) is 0. The Balaban J connectivity index is 0.939. The second-order valence-electron chi connectivity index (χ2n) is 17.7. The highest BCUT2D eigenvalue weighted by atomic mass is 16.3. The van der Waals surface area contributed by atoms with Gasteiger partial charge in [0.25, 0.3) is 0 Å². The predicted molar refractivity (Wildman–Crippen MR) is 280 cm³/mol. The molecule has 0 saturated carbocycles. The lowest BCUT2D eigenvalue weighted by Crippen LogP contribution is -2.02. The first kappa shape index (κ1) is 37.0. The van der Waals surface area contributed by atoms with Crippen molar-refractivity contribution in [1.29, 1.82) is 0 Å². The van der Waals surface area contributed by atoms with Crippen LogP contribution in [0.4, 0.5) is 0 Å². The first-order chi connectivity index (χ1) is 32.8. The summed E-state index contributed by atoms with van der Waals surface area (Å²) in [5.41, 5.74) is 17.9. The van der Waals surface area contributed by atoms with E-state index in [-0.39, 0.29) is 0 Å². The van der Waals surface area contributed by atoms with Gasteiger partial charge >= 0.3 is 0 Å². The number of furan rings is 1. The van der Waals surface area contributed by atoms with Gasteiger partial charge in [-0.3, -0.25) is 0 Å². The summed E-state index contributed by atoms with van der Waals surface area (Å²) in [7, 11) is 0. The molecule has 0 spiro atoms. The molecule has 2 nitrogen and oxygen atoms in total. The molecule has 14 rings (SSSR count). The van der Waals surface area contributed by atoms with Gasteiger partial charge in [0.1, 0.15) is 11.2 Å². The van der Waals surface area contributed by atoms with Gasteiger partial charge in [0.2, 0.25) is 0 Å². The third-order valence-corrected chi connectivity index (χ3v) is 14.3. The van der Waals surface area contributed by atoms with Gasteiger partial charge in [0, 0.05) is 32.8 Å². The number of fused-ring (bicyclic) bond motifs is 10. The van der Waals surface area contributed by atoms with Gasteiger partial charge in [0.15, 0.2) is 0 Å². The summed E-state index contributed by atoms with van der Waals surface area (Å²) in [5, 5.41) is 12.2. The number of rotatable bonds is 5. The standard InChI is InChI=1S/C64H41NO/c1-2-17-40(18-3-1)60-51-25-8-10-27-53(51)63(54-28-11-9-26-52(54)60)56-30-16-29-55-46-38-35-42(39-59(46)66-64(55)56)62-49-23-6-4-21-47(49)61(48-22-5-7-24-50(48)62)41-33-36-43(37-34-41)65-57-31-14-12-19-44(57)45-20-13-15-32-58(45)65/h1-10,12-27,29-39H,11,28H2. The molecule has 2 aromatic heterocycles. The van der Waals surface area contributed by atoms with Gasteiger partial charge in [-0.05, 0) is 132 Å². The number of para-hydroxylation sites is 3. The van der Waals surface area contributed by atoms with Crippen molar-refractivity contribution in [2.75, 3.05) is 0 Å². The Hall–Kier alpha value is -8.46. The minimum absolute atomic E-state index is 0.895. The van der Waals surface area contributed by atoms with Crippen LogP contribution in [0.25, 0.3) is 132 Å². The second kappa shape index (κ2) is 14.5. The van der Waals surface area contributed by atoms with E-state index in [1.165, 1.54) is 98.6 Å². The van der Waals surface area contributed by atoms with Gasteiger partial charge in [0.05, 0.1) is 11.0 Å². The molecule has 1 aliphatic rings. The van der Waals surface area contributed by atoms with Crippen molar-refractivity contribution >= 4 is 82.1 Å². The molecular weight excluding hydrogens is 799 g/mol. The van der Waals surface area contributed by atoms with Crippen LogP contribution in [0.5, 0.6) is 0 Å². The summed E-state index contributed by atoms with van der Waals surface area (Å²) < 4.78 is 9.54. The van der Waals surface area contributed by atoms with Gasteiger partial charge in [-0.25, -0.2) is 0 Å². The fourth-order valence-corrected chi connectivity index (χ4v) is 11.5. The van der Waals surface area contributed by atoms with E-state index in [4.69, 9.17) is 4.42 Å². The molecule has 11 aromatic carbocycles. The molecule has 0 unspecified atom stereocenters. The highest BCUT2D eigenvalue weighted by Gasteiger charge is 2.25. The van der Waals surface area contributed by atoms with E-state index in [0.717, 1.165) is 51.6 Å². The van der Waals surface area contributed by atoms with Crippen LogP contribution in [-0.4, -0.2) is 4.57 Å². The van der Waals surface area contributed by atoms with Gasteiger partial charge in [-0.2, -0.15) is 0 Å². The average Bonchev–Trinajstić information content (AvgIpc) is 3.93. The van der Waals surface area contributed by atoms with Crippen molar-refractivity contribution in [1.82, 2.24) is 4.57 Å². The largest absolute Gasteiger partial charge is 0.455 e. The maximum absolute atomic E-state index is 7.15. The van der Waals surface area contributed by atoms with E-state index < -0.39 is 0 Å². The Morgan fingerprint density at radius 1 is 0.364 bits per heavy atom. The molecule has 0 N–H and O–H groups in total. The Labute approximate surface area is 381 Å². The van der Waals surface area contributed by atoms with Gasteiger partial charge in [-0.1, -0.05) is 188 Å². The van der Waals surface area contributed by atoms with E-state index in [1.54, 1.807) is 0 Å². The fraction of sp³-hybridized carbons (Fsp3) is 0.0312. The molecule has 13 aromatic rings. The van der Waals surface area contributed by atoms with Crippen LogP contribution in [0, 0.1) is 0 Å². The topological polar surface area (TPSA) is 18.1 Å². The number of aromatic nitrogens is 1. The molecule has 0 radical (unpaired) electrons. The fourth-order valence-electron chi connectivity index (χ4n) is 11.5. The molecule has 0 bridgehead atoms. The van der Waals surface area contributed by atoms with Crippen LogP contribution in [0.2, 0.25) is 0 Å². The highest BCUT2D eigenvalue weighted by Crippen LogP contribution is 2.49. The molecule has 2 heteroatoms. The Morgan fingerprint density at radius 2 is 0.864 bits per heavy atom. The first-order valence-corrected chi connectivity index (χ1v) is 23.1. The Bertz CT molecular complexity index is 4040. The summed E-state index contributed by atoms with van der Waals surface area (Å²) in [5.74, 6) is 0. The highest BCUT2D eigenvalue weighted by molar-refractivity contribution is 6.23. The van der Waals surface area contributed by atoms with E-state index in [2.05, 4.69) is 229 Å². The predicted octanol–water partition coefficient (Wildman–Crippen LogP) is 17.8. The molecule has 0 atom stereocenters. The van der Waals surface area contributed by atoms with Crippen LogP contribution >= 0.6 is 0 Å². The van der Waals surface area contributed by atoms with Crippen molar-refractivity contribution in [3.63, 3.8) is 0 Å². The van der Waals surface area contributed by atoms with Crippen LogP contribution in [0.3, 0.4) is 0 Å². The zero-order valence-electron chi connectivity index (χ0n) is 36.1. The zero-order valence-corrected chi connectivity index (χ0v) is 36.1. The lowest BCUT2D eigenvalue weighted by atomic mass is 9.80. The maximum Gasteiger partial charge on any atom is 0.143 e. The second-order valence-corrected chi connectivity index (χ2v) is 17.7. The summed E-state index contributed by atoms with van der Waals surface area (Å²) >= 11 is 0. The molecule has 308 valence electrons. The number of hydrogen-bond acceptors (Lipinski definition) is 1. The Kier molecular flexibility index (Phi) is 8.14. The number of benzene rings is 11. The minimum Gasteiger partial charge on any atom is -0.455 e. The smallest absolute Gasteiger partial charge is 0.143 e. The van der Waals surface area contributed by atoms with Gasteiger partial charge in [-0.15, -0.1) is 0 Å². The maximum atomic E-state index is 7.15. The normalized spacial score (nSPS) is 12.7. The average molecular weight is 840 g/mol.